The van der Waals surface area contributed by atoms with E-state index in [-0.39, 0.29) is 0 Å². The molecular formula is C7H11N3S2. The van der Waals surface area contributed by atoms with Crippen LogP contribution < -0.4 is 0 Å². The van der Waals surface area contributed by atoms with E-state index in [9.17, 15) is 0 Å². The maximum Gasteiger partial charge on any atom is 0.195 e. The first-order chi connectivity index (χ1) is 5.88. The van der Waals surface area contributed by atoms with Crippen molar-refractivity contribution in [2.75, 3.05) is 11.5 Å². The van der Waals surface area contributed by atoms with Gasteiger partial charge in [-0.3, -0.25) is 5.10 Å². The molecule has 66 valence electrons. The van der Waals surface area contributed by atoms with Crippen LogP contribution in [0.5, 0.6) is 0 Å². The van der Waals surface area contributed by atoms with Crippen LogP contribution in [-0.4, -0.2) is 26.3 Å². The number of H-pyrrole nitrogens is 1. The van der Waals surface area contributed by atoms with Crippen LogP contribution >= 0.6 is 24.0 Å². The van der Waals surface area contributed by atoms with Crippen LogP contribution in [0.4, 0.5) is 0 Å². The highest BCUT2D eigenvalue weighted by molar-refractivity contribution is 7.99. The quantitative estimate of drug-likeness (QED) is 0.706. The summed E-state index contributed by atoms with van der Waals surface area (Å²) < 4.78 is 2.83. The molecule has 0 spiro atoms. The zero-order chi connectivity index (χ0) is 8.39. The molecule has 1 fully saturated rings. The van der Waals surface area contributed by atoms with Gasteiger partial charge in [0.05, 0.1) is 0 Å². The molecule has 0 atom stereocenters. The predicted octanol–water partition coefficient (Wildman–Crippen LogP) is 2.01. The van der Waals surface area contributed by atoms with Gasteiger partial charge in [-0.05, 0) is 36.6 Å². The second-order valence-electron chi connectivity index (χ2n) is 2.91. The van der Waals surface area contributed by atoms with Gasteiger partial charge in [0.15, 0.2) is 4.77 Å². The third-order valence-corrected chi connectivity index (χ3v) is 3.51. The van der Waals surface area contributed by atoms with E-state index in [2.05, 4.69) is 14.8 Å². The number of rotatable bonds is 1. The SMILES string of the molecule is S=c1[nH]ncn1C1CCSCC1. The Morgan fingerprint density at radius 2 is 2.33 bits per heavy atom. The number of nitrogens with zero attached hydrogens (tertiary/aromatic N) is 2. The summed E-state index contributed by atoms with van der Waals surface area (Å²) >= 11 is 7.13. The summed E-state index contributed by atoms with van der Waals surface area (Å²) in [7, 11) is 0. The highest BCUT2D eigenvalue weighted by Crippen LogP contribution is 2.26. The van der Waals surface area contributed by atoms with E-state index in [1.807, 2.05) is 18.1 Å². The minimum atomic E-state index is 0.581. The van der Waals surface area contributed by atoms with Crippen molar-refractivity contribution >= 4 is 24.0 Å². The molecule has 12 heavy (non-hydrogen) atoms. The normalized spacial score (nSPS) is 19.7. The zero-order valence-electron chi connectivity index (χ0n) is 6.69. The highest BCUT2D eigenvalue weighted by atomic mass is 32.2. The highest BCUT2D eigenvalue weighted by Gasteiger charge is 2.15. The first kappa shape index (κ1) is 8.31. The molecule has 0 unspecified atom stereocenters. The maximum atomic E-state index is 5.10. The van der Waals surface area contributed by atoms with Crippen molar-refractivity contribution in [3.63, 3.8) is 0 Å². The van der Waals surface area contributed by atoms with Crippen molar-refractivity contribution < 1.29 is 0 Å². The average Bonchev–Trinajstić information content (AvgIpc) is 2.53. The van der Waals surface area contributed by atoms with Gasteiger partial charge in [-0.25, -0.2) is 0 Å². The van der Waals surface area contributed by atoms with Gasteiger partial charge in [0.1, 0.15) is 6.33 Å². The lowest BCUT2D eigenvalue weighted by Crippen LogP contribution is -2.14. The molecule has 2 heterocycles. The van der Waals surface area contributed by atoms with Gasteiger partial charge >= 0.3 is 0 Å². The zero-order valence-corrected chi connectivity index (χ0v) is 8.33. The first-order valence-electron chi connectivity index (χ1n) is 4.07. The Hall–Kier alpha value is -0.290. The molecule has 3 nitrogen and oxygen atoms in total. The van der Waals surface area contributed by atoms with E-state index in [1.54, 1.807) is 0 Å². The fourth-order valence-electron chi connectivity index (χ4n) is 1.48. The Balaban J connectivity index is 2.18. The molecule has 1 N–H and O–H groups in total. The Kier molecular flexibility index (Phi) is 2.51. The van der Waals surface area contributed by atoms with Gasteiger partial charge < -0.3 is 4.57 Å². The molecule has 0 aromatic carbocycles. The van der Waals surface area contributed by atoms with E-state index in [0.29, 0.717) is 6.04 Å². The molecule has 1 saturated heterocycles. The Morgan fingerprint density at radius 1 is 1.58 bits per heavy atom. The van der Waals surface area contributed by atoms with E-state index in [1.165, 1.54) is 24.3 Å². The lowest BCUT2D eigenvalue weighted by Gasteiger charge is -2.21. The number of nitrogens with one attached hydrogen (secondary N) is 1. The van der Waals surface area contributed by atoms with E-state index < -0.39 is 0 Å². The van der Waals surface area contributed by atoms with Gasteiger partial charge in [0, 0.05) is 6.04 Å². The Bertz CT molecular complexity index is 298. The molecule has 0 amide bonds. The molecule has 1 aliphatic heterocycles. The summed E-state index contributed by atoms with van der Waals surface area (Å²) in [4.78, 5) is 0. The summed E-state index contributed by atoms with van der Waals surface area (Å²) in [5.74, 6) is 2.50. The fraction of sp³-hybridized carbons (Fsp3) is 0.714. The lowest BCUT2D eigenvalue weighted by molar-refractivity contribution is 0.463. The van der Waals surface area contributed by atoms with Crippen LogP contribution in [0.25, 0.3) is 0 Å². The molecular weight excluding hydrogens is 190 g/mol. The second-order valence-corrected chi connectivity index (χ2v) is 4.52. The maximum absolute atomic E-state index is 5.10. The Morgan fingerprint density at radius 3 is 2.92 bits per heavy atom. The van der Waals surface area contributed by atoms with E-state index >= 15 is 0 Å². The van der Waals surface area contributed by atoms with Crippen molar-refractivity contribution in [2.24, 2.45) is 0 Å². The predicted molar refractivity (Wildman–Crippen MR) is 53.0 cm³/mol. The first-order valence-corrected chi connectivity index (χ1v) is 5.63. The average molecular weight is 201 g/mol. The molecule has 0 saturated carbocycles. The van der Waals surface area contributed by atoms with Crippen molar-refractivity contribution in [3.8, 4) is 0 Å². The van der Waals surface area contributed by atoms with Crippen LogP contribution in [0.1, 0.15) is 18.9 Å². The minimum absolute atomic E-state index is 0.581. The van der Waals surface area contributed by atoms with Crippen LogP contribution in [0.15, 0.2) is 6.33 Å². The molecule has 2 rings (SSSR count). The summed E-state index contributed by atoms with van der Waals surface area (Å²) in [6, 6.07) is 0.581. The van der Waals surface area contributed by atoms with Gasteiger partial charge in [-0.2, -0.15) is 16.9 Å². The van der Waals surface area contributed by atoms with Crippen molar-refractivity contribution in [2.45, 2.75) is 18.9 Å². The van der Waals surface area contributed by atoms with Crippen LogP contribution in [-0.2, 0) is 0 Å². The van der Waals surface area contributed by atoms with Gasteiger partial charge in [0.2, 0.25) is 0 Å². The summed E-state index contributed by atoms with van der Waals surface area (Å²) in [5, 5.41) is 6.71. The standard InChI is InChI=1S/C7H11N3S2/c11-7-9-8-5-10(7)6-1-3-12-4-2-6/h5-6H,1-4H2,(H,9,11). The molecule has 1 aliphatic rings. The smallest absolute Gasteiger partial charge is 0.195 e. The third-order valence-electron chi connectivity index (χ3n) is 2.16. The van der Waals surface area contributed by atoms with Crippen molar-refractivity contribution in [1.82, 2.24) is 14.8 Å². The molecule has 0 radical (unpaired) electrons. The molecule has 5 heteroatoms. The monoisotopic (exact) mass is 201 g/mol. The van der Waals surface area contributed by atoms with Crippen LogP contribution in [0.2, 0.25) is 0 Å². The number of aromatic nitrogens is 3. The minimum Gasteiger partial charge on any atom is -0.304 e. The van der Waals surface area contributed by atoms with Gasteiger partial charge in [-0.15, -0.1) is 0 Å². The topological polar surface area (TPSA) is 33.6 Å². The lowest BCUT2D eigenvalue weighted by atomic mass is 10.1. The third kappa shape index (κ3) is 1.56. The van der Waals surface area contributed by atoms with Crippen molar-refractivity contribution in [1.29, 1.82) is 0 Å². The molecule has 1 aromatic rings. The molecule has 0 bridgehead atoms. The second kappa shape index (κ2) is 3.62. The number of hydrogen-bond donors (Lipinski definition) is 1. The Labute approximate surface area is 80.6 Å². The van der Waals surface area contributed by atoms with Gasteiger partial charge in [0.25, 0.3) is 0 Å². The van der Waals surface area contributed by atoms with Crippen LogP contribution in [0, 0.1) is 4.77 Å². The summed E-state index contributed by atoms with van der Waals surface area (Å²) in [6.07, 6.45) is 4.25. The van der Waals surface area contributed by atoms with Gasteiger partial charge in [-0.1, -0.05) is 0 Å². The number of thioether (sulfide) groups is 1. The molecule has 0 aliphatic carbocycles. The molecule has 1 aromatic heterocycles. The summed E-state index contributed by atoms with van der Waals surface area (Å²) in [5.41, 5.74) is 0. The number of hydrogen-bond acceptors (Lipinski definition) is 3. The number of aromatic amines is 1. The fourth-order valence-corrected chi connectivity index (χ4v) is 2.81. The largest absolute Gasteiger partial charge is 0.304 e. The summed E-state index contributed by atoms with van der Waals surface area (Å²) in [6.45, 7) is 0. The van der Waals surface area contributed by atoms with Crippen molar-refractivity contribution in [3.05, 3.63) is 11.1 Å². The van der Waals surface area contributed by atoms with E-state index in [4.69, 9.17) is 12.2 Å². The van der Waals surface area contributed by atoms with Crippen LogP contribution in [0.3, 0.4) is 0 Å². The van der Waals surface area contributed by atoms with E-state index in [0.717, 1.165) is 4.77 Å².